The average Bonchev–Trinajstić information content (AvgIpc) is 2.31. The van der Waals surface area contributed by atoms with E-state index in [-0.39, 0.29) is 11.9 Å². The minimum atomic E-state index is -0.224. The predicted octanol–water partition coefficient (Wildman–Crippen LogP) is 1.51. The van der Waals surface area contributed by atoms with Gasteiger partial charge in [-0.15, -0.1) is 0 Å². The Balaban J connectivity index is 2.10. The van der Waals surface area contributed by atoms with Gasteiger partial charge in [0.1, 0.15) is 5.82 Å². The number of aliphatic hydroxyl groups excluding tert-OH is 1. The molecule has 0 bridgehead atoms. The van der Waals surface area contributed by atoms with Crippen molar-refractivity contribution in [2.24, 2.45) is 0 Å². The van der Waals surface area contributed by atoms with Crippen molar-refractivity contribution in [3.05, 3.63) is 29.6 Å². The number of piperidine rings is 1. The third-order valence-electron chi connectivity index (χ3n) is 3.20. The van der Waals surface area contributed by atoms with Crippen LogP contribution in [0.15, 0.2) is 18.2 Å². The molecule has 0 amide bonds. The number of hydrogen-bond donors (Lipinski definition) is 2. The monoisotopic (exact) mass is 238 g/mol. The van der Waals surface area contributed by atoms with Crippen LogP contribution in [0.3, 0.4) is 0 Å². The van der Waals surface area contributed by atoms with Gasteiger partial charge < -0.3 is 15.3 Å². The minimum absolute atomic E-state index is 0.172. The molecule has 1 aliphatic rings. The van der Waals surface area contributed by atoms with Gasteiger partial charge in [-0.05, 0) is 37.6 Å². The second-order valence-electron chi connectivity index (χ2n) is 4.53. The summed E-state index contributed by atoms with van der Waals surface area (Å²) < 4.78 is 13.9. The van der Waals surface area contributed by atoms with E-state index in [0.29, 0.717) is 12.2 Å². The molecule has 1 heterocycles. The first-order valence-corrected chi connectivity index (χ1v) is 6.06. The average molecular weight is 238 g/mol. The number of hydrogen-bond acceptors (Lipinski definition) is 3. The van der Waals surface area contributed by atoms with E-state index in [0.717, 1.165) is 31.5 Å². The lowest BCUT2D eigenvalue weighted by Crippen LogP contribution is -2.36. The van der Waals surface area contributed by atoms with Crippen molar-refractivity contribution >= 4 is 5.69 Å². The highest BCUT2D eigenvalue weighted by Crippen LogP contribution is 2.24. The summed E-state index contributed by atoms with van der Waals surface area (Å²) in [5, 5.41) is 12.4. The lowest BCUT2D eigenvalue weighted by atomic mass is 10.1. The van der Waals surface area contributed by atoms with Gasteiger partial charge in [-0.25, -0.2) is 4.39 Å². The van der Waals surface area contributed by atoms with Gasteiger partial charge in [0, 0.05) is 19.6 Å². The molecule has 17 heavy (non-hydrogen) atoms. The lowest BCUT2D eigenvalue weighted by molar-refractivity contribution is 0.145. The summed E-state index contributed by atoms with van der Waals surface area (Å²) in [7, 11) is 1.85. The van der Waals surface area contributed by atoms with Crippen molar-refractivity contribution in [3.8, 4) is 0 Å². The first-order valence-electron chi connectivity index (χ1n) is 6.06. The quantitative estimate of drug-likeness (QED) is 0.838. The van der Waals surface area contributed by atoms with Gasteiger partial charge in [-0.3, -0.25) is 0 Å². The molecule has 4 heteroatoms. The van der Waals surface area contributed by atoms with Crippen LogP contribution in [0, 0.1) is 5.82 Å². The molecular formula is C13H19FN2O. The van der Waals surface area contributed by atoms with Crippen LogP contribution in [-0.4, -0.2) is 31.3 Å². The Labute approximate surface area is 101 Å². The summed E-state index contributed by atoms with van der Waals surface area (Å²) in [6.07, 6.45) is 1.22. The summed E-state index contributed by atoms with van der Waals surface area (Å²) >= 11 is 0. The van der Waals surface area contributed by atoms with E-state index in [2.05, 4.69) is 5.32 Å². The molecule has 0 aliphatic carbocycles. The molecule has 94 valence electrons. The number of anilines is 1. The second kappa shape index (κ2) is 5.47. The predicted molar refractivity (Wildman–Crippen MR) is 66.6 cm³/mol. The van der Waals surface area contributed by atoms with Gasteiger partial charge in [-0.2, -0.15) is 0 Å². The van der Waals surface area contributed by atoms with E-state index in [1.165, 1.54) is 0 Å². The van der Waals surface area contributed by atoms with E-state index in [4.69, 9.17) is 0 Å². The Morgan fingerprint density at radius 3 is 2.71 bits per heavy atom. The highest BCUT2D eigenvalue weighted by molar-refractivity contribution is 5.49. The van der Waals surface area contributed by atoms with Crippen molar-refractivity contribution in [1.29, 1.82) is 0 Å². The topological polar surface area (TPSA) is 35.5 Å². The summed E-state index contributed by atoms with van der Waals surface area (Å²) in [6.45, 7) is 2.13. The molecule has 2 rings (SSSR count). The van der Waals surface area contributed by atoms with E-state index >= 15 is 0 Å². The standard InChI is InChI=1S/C13H19FN2O/c1-15-9-10-2-3-13(12(14)8-10)16-6-4-11(17)5-7-16/h2-3,8,11,15,17H,4-7,9H2,1H3. The van der Waals surface area contributed by atoms with Crippen LogP contribution in [0.4, 0.5) is 10.1 Å². The molecule has 0 radical (unpaired) electrons. The Hall–Kier alpha value is -1.13. The van der Waals surface area contributed by atoms with Crippen molar-refractivity contribution in [1.82, 2.24) is 5.32 Å². The van der Waals surface area contributed by atoms with Gasteiger partial charge in [-0.1, -0.05) is 6.07 Å². The normalized spacial score (nSPS) is 17.5. The minimum Gasteiger partial charge on any atom is -0.393 e. The van der Waals surface area contributed by atoms with E-state index in [9.17, 15) is 9.50 Å². The molecule has 0 saturated carbocycles. The van der Waals surface area contributed by atoms with Gasteiger partial charge >= 0.3 is 0 Å². The Kier molecular flexibility index (Phi) is 3.97. The van der Waals surface area contributed by atoms with E-state index in [1.54, 1.807) is 6.07 Å². The molecule has 0 atom stereocenters. The molecular weight excluding hydrogens is 219 g/mol. The van der Waals surface area contributed by atoms with Crippen LogP contribution >= 0.6 is 0 Å². The smallest absolute Gasteiger partial charge is 0.146 e. The van der Waals surface area contributed by atoms with Gasteiger partial charge in [0.15, 0.2) is 0 Å². The summed E-state index contributed by atoms with van der Waals surface area (Å²) in [6, 6.07) is 5.36. The molecule has 2 N–H and O–H groups in total. The fraction of sp³-hybridized carbons (Fsp3) is 0.538. The first-order chi connectivity index (χ1) is 8.20. The molecule has 0 unspecified atom stereocenters. The summed E-state index contributed by atoms with van der Waals surface area (Å²) in [5.74, 6) is -0.172. The van der Waals surface area contributed by atoms with Crippen molar-refractivity contribution in [3.63, 3.8) is 0 Å². The molecule has 1 saturated heterocycles. The Morgan fingerprint density at radius 1 is 1.41 bits per heavy atom. The highest BCUT2D eigenvalue weighted by Gasteiger charge is 2.19. The van der Waals surface area contributed by atoms with Crippen LogP contribution in [-0.2, 0) is 6.54 Å². The SMILES string of the molecule is CNCc1ccc(N2CCC(O)CC2)c(F)c1. The number of nitrogens with one attached hydrogen (secondary N) is 1. The van der Waals surface area contributed by atoms with Gasteiger partial charge in [0.2, 0.25) is 0 Å². The number of benzene rings is 1. The molecule has 0 aromatic heterocycles. The molecule has 1 aliphatic heterocycles. The molecule has 1 aromatic rings. The van der Waals surface area contributed by atoms with E-state index < -0.39 is 0 Å². The van der Waals surface area contributed by atoms with Crippen LogP contribution in [0.25, 0.3) is 0 Å². The molecule has 0 spiro atoms. The van der Waals surface area contributed by atoms with Gasteiger partial charge in [0.05, 0.1) is 11.8 Å². The molecule has 1 fully saturated rings. The zero-order valence-corrected chi connectivity index (χ0v) is 10.1. The highest BCUT2D eigenvalue weighted by atomic mass is 19.1. The van der Waals surface area contributed by atoms with Crippen molar-refractivity contribution in [2.45, 2.75) is 25.5 Å². The number of halogens is 1. The zero-order chi connectivity index (χ0) is 12.3. The maximum atomic E-state index is 13.9. The van der Waals surface area contributed by atoms with E-state index in [1.807, 2.05) is 24.1 Å². The van der Waals surface area contributed by atoms with Gasteiger partial charge in [0.25, 0.3) is 0 Å². The Morgan fingerprint density at radius 2 is 2.12 bits per heavy atom. The summed E-state index contributed by atoms with van der Waals surface area (Å²) in [4.78, 5) is 2.01. The first kappa shape index (κ1) is 12.3. The molecule has 3 nitrogen and oxygen atoms in total. The van der Waals surface area contributed by atoms with Crippen LogP contribution in [0.2, 0.25) is 0 Å². The second-order valence-corrected chi connectivity index (χ2v) is 4.53. The van der Waals surface area contributed by atoms with Crippen molar-refractivity contribution < 1.29 is 9.50 Å². The molecule has 1 aromatic carbocycles. The third kappa shape index (κ3) is 2.96. The number of nitrogens with zero attached hydrogens (tertiary/aromatic N) is 1. The van der Waals surface area contributed by atoms with Crippen LogP contribution in [0.5, 0.6) is 0 Å². The zero-order valence-electron chi connectivity index (χ0n) is 10.1. The van der Waals surface area contributed by atoms with Crippen LogP contribution < -0.4 is 10.2 Å². The fourth-order valence-corrected chi connectivity index (χ4v) is 2.23. The Bertz CT molecular complexity index is 376. The van der Waals surface area contributed by atoms with Crippen LogP contribution in [0.1, 0.15) is 18.4 Å². The largest absolute Gasteiger partial charge is 0.393 e. The fourth-order valence-electron chi connectivity index (χ4n) is 2.23. The summed E-state index contributed by atoms with van der Waals surface area (Å²) in [5.41, 5.74) is 1.60. The van der Waals surface area contributed by atoms with Crippen molar-refractivity contribution in [2.75, 3.05) is 25.0 Å². The number of aliphatic hydroxyl groups is 1. The number of rotatable bonds is 3. The lowest BCUT2D eigenvalue weighted by Gasteiger charge is -2.31. The maximum Gasteiger partial charge on any atom is 0.146 e. The third-order valence-corrected chi connectivity index (χ3v) is 3.20. The maximum absolute atomic E-state index is 13.9.